The Bertz CT molecular complexity index is 421. The van der Waals surface area contributed by atoms with Gasteiger partial charge in [-0.15, -0.1) is 13.2 Å². The van der Waals surface area contributed by atoms with Crippen molar-refractivity contribution in [1.29, 1.82) is 0 Å². The van der Waals surface area contributed by atoms with Crippen LogP contribution in [0.5, 0.6) is 5.75 Å². The number of esters is 1. The zero-order valence-electron chi connectivity index (χ0n) is 10.3. The van der Waals surface area contributed by atoms with Crippen molar-refractivity contribution >= 4 is 5.97 Å². The molecule has 0 heterocycles. The van der Waals surface area contributed by atoms with Crippen LogP contribution >= 0.6 is 0 Å². The van der Waals surface area contributed by atoms with E-state index in [9.17, 15) is 18.0 Å². The van der Waals surface area contributed by atoms with Crippen molar-refractivity contribution in [1.82, 2.24) is 5.32 Å². The van der Waals surface area contributed by atoms with Crippen LogP contribution in [0.3, 0.4) is 0 Å². The Kier molecular flexibility index (Phi) is 5.62. The quantitative estimate of drug-likeness (QED) is 0.810. The first kappa shape index (κ1) is 15.3. The molecular weight excluding hydrogens is 263 g/mol. The zero-order valence-corrected chi connectivity index (χ0v) is 10.3. The van der Waals surface area contributed by atoms with Gasteiger partial charge in [-0.05, 0) is 24.6 Å². The number of rotatable bonds is 6. The number of ether oxygens (including phenoxy) is 2. The number of hydrogen-bond donors (Lipinski definition) is 1. The number of halogens is 3. The highest BCUT2D eigenvalue weighted by Crippen LogP contribution is 2.23. The van der Waals surface area contributed by atoms with Gasteiger partial charge in [-0.1, -0.05) is 12.1 Å². The van der Waals surface area contributed by atoms with Gasteiger partial charge >= 0.3 is 12.3 Å². The molecule has 0 saturated carbocycles. The molecule has 0 fully saturated rings. The smallest absolute Gasteiger partial charge is 0.465 e. The first-order valence-electron chi connectivity index (χ1n) is 5.61. The average Bonchev–Trinajstić information content (AvgIpc) is 2.27. The monoisotopic (exact) mass is 277 g/mol. The molecule has 0 amide bonds. The van der Waals surface area contributed by atoms with Crippen LogP contribution in [0.15, 0.2) is 24.3 Å². The van der Waals surface area contributed by atoms with Gasteiger partial charge in [0.2, 0.25) is 0 Å². The Balaban J connectivity index is 2.46. The summed E-state index contributed by atoms with van der Waals surface area (Å²) in [6.07, 6.45) is -4.71. The third kappa shape index (κ3) is 6.66. The molecule has 0 saturated heterocycles. The normalized spacial score (nSPS) is 11.2. The molecule has 0 radical (unpaired) electrons. The minimum Gasteiger partial charge on any atom is -0.465 e. The van der Waals surface area contributed by atoms with Crippen LogP contribution < -0.4 is 10.1 Å². The molecule has 0 aliphatic heterocycles. The van der Waals surface area contributed by atoms with E-state index in [0.717, 1.165) is 0 Å². The highest BCUT2D eigenvalue weighted by Gasteiger charge is 2.31. The Hall–Kier alpha value is -1.76. The minimum absolute atomic E-state index is 0.00179. The van der Waals surface area contributed by atoms with Gasteiger partial charge in [-0.25, -0.2) is 0 Å². The number of nitrogens with one attached hydrogen (secondary N) is 1. The second-order valence-corrected chi connectivity index (χ2v) is 3.60. The molecule has 1 rings (SSSR count). The lowest BCUT2D eigenvalue weighted by Gasteiger charge is -2.10. The molecule has 106 valence electrons. The number of benzene rings is 1. The van der Waals surface area contributed by atoms with E-state index in [0.29, 0.717) is 5.56 Å². The summed E-state index contributed by atoms with van der Waals surface area (Å²) in [5.41, 5.74) is 0.575. The number of carbonyl (C=O) groups is 1. The third-order valence-electron chi connectivity index (χ3n) is 2.04. The lowest BCUT2D eigenvalue weighted by molar-refractivity contribution is -0.274. The van der Waals surface area contributed by atoms with Gasteiger partial charge in [0.25, 0.3) is 0 Å². The largest absolute Gasteiger partial charge is 0.573 e. The lowest BCUT2D eigenvalue weighted by atomic mass is 10.2. The lowest BCUT2D eigenvalue weighted by Crippen LogP contribution is -2.24. The Labute approximate surface area is 108 Å². The summed E-state index contributed by atoms with van der Waals surface area (Å²) in [5, 5.41) is 2.76. The molecule has 0 atom stereocenters. The highest BCUT2D eigenvalue weighted by molar-refractivity contribution is 5.71. The summed E-state index contributed by atoms with van der Waals surface area (Å²) in [7, 11) is 0. The standard InChI is InChI=1S/C12H14F3NO3/c1-2-18-11(17)8-16-7-9-4-3-5-10(6-9)19-12(13,14)15/h3-6,16H,2,7-8H2,1H3. The summed E-state index contributed by atoms with van der Waals surface area (Å²) < 4.78 is 44.5. The summed E-state index contributed by atoms with van der Waals surface area (Å²) in [5.74, 6) is -0.701. The molecule has 0 aliphatic rings. The van der Waals surface area contributed by atoms with Crippen LogP contribution in [0.4, 0.5) is 13.2 Å². The molecule has 4 nitrogen and oxygen atoms in total. The molecule has 19 heavy (non-hydrogen) atoms. The Morgan fingerprint density at radius 3 is 2.74 bits per heavy atom. The van der Waals surface area contributed by atoms with Crippen molar-refractivity contribution in [3.8, 4) is 5.75 Å². The van der Waals surface area contributed by atoms with Crippen LogP contribution in [0.1, 0.15) is 12.5 Å². The van der Waals surface area contributed by atoms with Crippen LogP contribution in [0, 0.1) is 0 Å². The molecule has 0 aliphatic carbocycles. The second kappa shape index (κ2) is 6.98. The van der Waals surface area contributed by atoms with Gasteiger partial charge in [0.1, 0.15) is 5.75 Å². The molecule has 0 spiro atoms. The molecular formula is C12H14F3NO3. The molecule has 0 aromatic heterocycles. The first-order chi connectivity index (χ1) is 8.90. The van der Waals surface area contributed by atoms with Crippen LogP contribution in [0.25, 0.3) is 0 Å². The molecule has 0 unspecified atom stereocenters. The Morgan fingerprint density at radius 2 is 2.11 bits per heavy atom. The summed E-state index contributed by atoms with van der Waals surface area (Å²) in [6.45, 7) is 2.22. The number of alkyl halides is 3. The predicted octanol–water partition coefficient (Wildman–Crippen LogP) is 2.24. The van der Waals surface area contributed by atoms with Crippen LogP contribution in [-0.2, 0) is 16.1 Å². The molecule has 1 aromatic rings. The molecule has 1 N–H and O–H groups in total. The minimum atomic E-state index is -4.71. The van der Waals surface area contributed by atoms with Gasteiger partial charge in [0.15, 0.2) is 0 Å². The van der Waals surface area contributed by atoms with E-state index in [2.05, 4.69) is 10.1 Å². The molecule has 7 heteroatoms. The van der Waals surface area contributed by atoms with E-state index >= 15 is 0 Å². The van der Waals surface area contributed by atoms with Crippen molar-refractivity contribution in [2.45, 2.75) is 19.8 Å². The topological polar surface area (TPSA) is 47.6 Å². The van der Waals surface area contributed by atoms with E-state index < -0.39 is 12.3 Å². The van der Waals surface area contributed by atoms with E-state index in [-0.39, 0.29) is 25.4 Å². The first-order valence-corrected chi connectivity index (χ1v) is 5.61. The summed E-state index contributed by atoms with van der Waals surface area (Å²) >= 11 is 0. The van der Waals surface area contributed by atoms with E-state index in [4.69, 9.17) is 4.74 Å². The third-order valence-corrected chi connectivity index (χ3v) is 2.04. The fourth-order valence-corrected chi connectivity index (χ4v) is 1.37. The maximum absolute atomic E-state index is 12.0. The number of hydrogen-bond acceptors (Lipinski definition) is 4. The molecule has 0 bridgehead atoms. The van der Waals surface area contributed by atoms with E-state index in [1.165, 1.54) is 18.2 Å². The fourth-order valence-electron chi connectivity index (χ4n) is 1.37. The van der Waals surface area contributed by atoms with E-state index in [1.807, 2.05) is 0 Å². The fraction of sp³-hybridized carbons (Fsp3) is 0.417. The van der Waals surface area contributed by atoms with Gasteiger partial charge < -0.3 is 14.8 Å². The van der Waals surface area contributed by atoms with Crippen LogP contribution in [0.2, 0.25) is 0 Å². The zero-order chi connectivity index (χ0) is 14.3. The summed E-state index contributed by atoms with van der Waals surface area (Å²) in [4.78, 5) is 11.0. The van der Waals surface area contributed by atoms with Crippen molar-refractivity contribution < 1.29 is 27.4 Å². The predicted molar refractivity (Wildman–Crippen MR) is 61.5 cm³/mol. The molecule has 1 aromatic carbocycles. The highest BCUT2D eigenvalue weighted by atomic mass is 19.4. The van der Waals surface area contributed by atoms with Crippen LogP contribution in [-0.4, -0.2) is 25.5 Å². The maximum Gasteiger partial charge on any atom is 0.573 e. The van der Waals surface area contributed by atoms with Crippen molar-refractivity contribution in [2.75, 3.05) is 13.2 Å². The number of carbonyl (C=O) groups excluding carboxylic acids is 1. The van der Waals surface area contributed by atoms with Gasteiger partial charge in [-0.2, -0.15) is 0 Å². The van der Waals surface area contributed by atoms with E-state index in [1.54, 1.807) is 13.0 Å². The van der Waals surface area contributed by atoms with Gasteiger partial charge in [0, 0.05) is 6.54 Å². The SMILES string of the molecule is CCOC(=O)CNCc1cccc(OC(F)(F)F)c1. The van der Waals surface area contributed by atoms with Crippen molar-refractivity contribution in [2.24, 2.45) is 0 Å². The van der Waals surface area contributed by atoms with Gasteiger partial charge in [-0.3, -0.25) is 4.79 Å². The van der Waals surface area contributed by atoms with Gasteiger partial charge in [0.05, 0.1) is 13.2 Å². The second-order valence-electron chi connectivity index (χ2n) is 3.60. The summed E-state index contributed by atoms with van der Waals surface area (Å²) in [6, 6.07) is 5.54. The average molecular weight is 277 g/mol. The van der Waals surface area contributed by atoms with Crippen molar-refractivity contribution in [3.05, 3.63) is 29.8 Å². The maximum atomic E-state index is 12.0. The van der Waals surface area contributed by atoms with Crippen molar-refractivity contribution in [3.63, 3.8) is 0 Å². The Morgan fingerprint density at radius 1 is 1.37 bits per heavy atom.